The van der Waals surface area contributed by atoms with Crippen LogP contribution >= 0.6 is 22.6 Å². The van der Waals surface area contributed by atoms with E-state index in [4.69, 9.17) is 4.74 Å². The predicted octanol–water partition coefficient (Wildman–Crippen LogP) is 5.68. The molecule has 0 saturated heterocycles. The highest BCUT2D eigenvalue weighted by Crippen LogP contribution is 2.28. The van der Waals surface area contributed by atoms with Crippen molar-refractivity contribution in [3.63, 3.8) is 0 Å². The van der Waals surface area contributed by atoms with E-state index in [1.807, 2.05) is 46.9 Å². The van der Waals surface area contributed by atoms with Crippen LogP contribution in [0.25, 0.3) is 10.9 Å². The second-order valence-electron chi connectivity index (χ2n) is 6.75. The van der Waals surface area contributed by atoms with Gasteiger partial charge >= 0.3 is 0 Å². The number of nitrogens with one attached hydrogen (secondary N) is 1. The molecule has 4 aromatic rings. The molecule has 0 amide bonds. The molecule has 0 fully saturated rings. The SMILES string of the molecule is COc1ccc(Cn2ccc(=O)c3c(Nc4ccc(I)cc4F)cc(F)cc32)cc1. The zero-order valence-corrected chi connectivity index (χ0v) is 18.1. The number of rotatable bonds is 5. The normalized spacial score (nSPS) is 10.9. The van der Waals surface area contributed by atoms with E-state index in [0.29, 0.717) is 17.4 Å². The van der Waals surface area contributed by atoms with E-state index in [2.05, 4.69) is 5.32 Å². The third kappa shape index (κ3) is 4.16. The molecular formula is C23H17F2IN2O2. The molecule has 3 aromatic carbocycles. The maximum absolute atomic E-state index is 14.4. The van der Waals surface area contributed by atoms with Gasteiger partial charge in [0.2, 0.25) is 0 Å². The molecule has 0 aliphatic heterocycles. The second kappa shape index (κ2) is 8.43. The fraction of sp³-hybridized carbons (Fsp3) is 0.0870. The molecule has 1 N–H and O–H groups in total. The Balaban J connectivity index is 1.80. The standard InChI is InChI=1S/C23H17F2IN2O2/c1-30-17-5-2-14(3-6-17)13-28-9-8-22(29)23-20(10-15(24)11-21(23)28)27-19-7-4-16(26)12-18(19)25/h2-12,27H,13H2,1H3. The third-order valence-corrected chi connectivity index (χ3v) is 5.43. The lowest BCUT2D eigenvalue weighted by atomic mass is 10.1. The molecule has 0 aliphatic rings. The highest BCUT2D eigenvalue weighted by atomic mass is 127. The van der Waals surface area contributed by atoms with Crippen molar-refractivity contribution in [1.82, 2.24) is 4.57 Å². The number of aromatic nitrogens is 1. The van der Waals surface area contributed by atoms with Crippen molar-refractivity contribution < 1.29 is 13.5 Å². The van der Waals surface area contributed by atoms with Gasteiger partial charge in [-0.3, -0.25) is 4.79 Å². The Bertz CT molecular complexity index is 1290. The molecule has 0 radical (unpaired) electrons. The Kier molecular flexibility index (Phi) is 5.72. The number of hydrogen-bond acceptors (Lipinski definition) is 3. The molecule has 0 aliphatic carbocycles. The summed E-state index contributed by atoms with van der Waals surface area (Å²) in [5.41, 5.74) is 1.51. The van der Waals surface area contributed by atoms with Crippen LogP contribution in [0.5, 0.6) is 5.75 Å². The monoisotopic (exact) mass is 518 g/mol. The summed E-state index contributed by atoms with van der Waals surface area (Å²) < 4.78 is 36.5. The van der Waals surface area contributed by atoms with Gasteiger partial charge in [0.1, 0.15) is 17.4 Å². The smallest absolute Gasteiger partial charge is 0.191 e. The summed E-state index contributed by atoms with van der Waals surface area (Å²) in [5.74, 6) is -0.264. The van der Waals surface area contributed by atoms with Crippen molar-refractivity contribution in [3.8, 4) is 5.75 Å². The topological polar surface area (TPSA) is 43.3 Å². The molecule has 1 aromatic heterocycles. The van der Waals surface area contributed by atoms with Crippen LogP contribution in [0, 0.1) is 15.2 Å². The van der Waals surface area contributed by atoms with Crippen molar-refractivity contribution in [3.05, 3.63) is 97.9 Å². The summed E-state index contributed by atoms with van der Waals surface area (Å²) in [6.07, 6.45) is 1.63. The minimum absolute atomic E-state index is 0.173. The van der Waals surface area contributed by atoms with Gasteiger partial charge in [-0.1, -0.05) is 12.1 Å². The summed E-state index contributed by atoms with van der Waals surface area (Å²) in [6.45, 7) is 0.432. The minimum Gasteiger partial charge on any atom is -0.497 e. The van der Waals surface area contributed by atoms with Gasteiger partial charge < -0.3 is 14.6 Å². The zero-order valence-electron chi connectivity index (χ0n) is 16.0. The molecule has 0 atom stereocenters. The Hall–Kier alpha value is -2.94. The number of nitrogens with zero attached hydrogens (tertiary/aromatic N) is 1. The van der Waals surface area contributed by atoms with E-state index >= 15 is 0 Å². The van der Waals surface area contributed by atoms with Crippen LogP contribution in [0.1, 0.15) is 5.56 Å². The molecular weight excluding hydrogens is 501 g/mol. The number of halogens is 3. The summed E-state index contributed by atoms with van der Waals surface area (Å²) in [6, 6.07) is 16.1. The van der Waals surface area contributed by atoms with E-state index in [1.165, 1.54) is 24.3 Å². The Labute approximate surface area is 185 Å². The number of anilines is 2. The quantitative estimate of drug-likeness (QED) is 0.346. The lowest BCUT2D eigenvalue weighted by molar-refractivity contribution is 0.414. The van der Waals surface area contributed by atoms with E-state index in [0.717, 1.165) is 14.9 Å². The van der Waals surface area contributed by atoms with Crippen LogP contribution in [0.3, 0.4) is 0 Å². The maximum atomic E-state index is 14.4. The number of methoxy groups -OCH3 is 1. The average Bonchev–Trinajstić information content (AvgIpc) is 2.72. The fourth-order valence-electron chi connectivity index (χ4n) is 3.30. The van der Waals surface area contributed by atoms with Gasteiger partial charge in [-0.25, -0.2) is 8.78 Å². The van der Waals surface area contributed by atoms with Crippen molar-refractivity contribution in [2.75, 3.05) is 12.4 Å². The molecule has 30 heavy (non-hydrogen) atoms. The fourth-order valence-corrected chi connectivity index (χ4v) is 3.75. The van der Waals surface area contributed by atoms with Gasteiger partial charge in [0.15, 0.2) is 5.43 Å². The summed E-state index contributed by atoms with van der Waals surface area (Å²) >= 11 is 2.01. The molecule has 0 unspecified atom stereocenters. The molecule has 0 saturated carbocycles. The molecule has 4 rings (SSSR count). The van der Waals surface area contributed by atoms with Crippen LogP contribution in [0.4, 0.5) is 20.2 Å². The number of hydrogen-bond donors (Lipinski definition) is 1. The summed E-state index contributed by atoms with van der Waals surface area (Å²) in [7, 11) is 1.60. The van der Waals surface area contributed by atoms with Crippen molar-refractivity contribution in [2.24, 2.45) is 0 Å². The van der Waals surface area contributed by atoms with E-state index in [1.54, 1.807) is 30.0 Å². The maximum Gasteiger partial charge on any atom is 0.191 e. The van der Waals surface area contributed by atoms with Crippen molar-refractivity contribution in [2.45, 2.75) is 6.54 Å². The average molecular weight is 518 g/mol. The molecule has 4 nitrogen and oxygen atoms in total. The molecule has 0 bridgehead atoms. The Morgan fingerprint density at radius 3 is 2.47 bits per heavy atom. The minimum atomic E-state index is -0.523. The number of fused-ring (bicyclic) bond motifs is 1. The van der Waals surface area contributed by atoms with Gasteiger partial charge in [-0.05, 0) is 70.6 Å². The molecule has 152 valence electrons. The van der Waals surface area contributed by atoms with Gasteiger partial charge in [-0.15, -0.1) is 0 Å². The Morgan fingerprint density at radius 2 is 1.77 bits per heavy atom. The first-order chi connectivity index (χ1) is 14.4. The molecule has 1 heterocycles. The first-order valence-corrected chi connectivity index (χ1v) is 10.2. The third-order valence-electron chi connectivity index (χ3n) is 4.76. The summed E-state index contributed by atoms with van der Waals surface area (Å²) in [5, 5.41) is 3.18. The number of ether oxygens (including phenoxy) is 1. The van der Waals surface area contributed by atoms with Crippen LogP contribution in [-0.2, 0) is 6.54 Å². The van der Waals surface area contributed by atoms with Crippen LogP contribution in [0.15, 0.2) is 71.7 Å². The first-order valence-electron chi connectivity index (χ1n) is 9.12. The van der Waals surface area contributed by atoms with Gasteiger partial charge in [-0.2, -0.15) is 0 Å². The molecule has 0 spiro atoms. The lowest BCUT2D eigenvalue weighted by Gasteiger charge is -2.15. The lowest BCUT2D eigenvalue weighted by Crippen LogP contribution is -2.11. The predicted molar refractivity (Wildman–Crippen MR) is 123 cm³/mol. The highest BCUT2D eigenvalue weighted by Gasteiger charge is 2.13. The summed E-state index contributed by atoms with van der Waals surface area (Å²) in [4.78, 5) is 12.6. The van der Waals surface area contributed by atoms with Crippen LogP contribution in [-0.4, -0.2) is 11.7 Å². The van der Waals surface area contributed by atoms with Gasteiger partial charge in [0, 0.05) is 22.4 Å². The zero-order chi connectivity index (χ0) is 21.3. The highest BCUT2D eigenvalue weighted by molar-refractivity contribution is 14.1. The van der Waals surface area contributed by atoms with Crippen molar-refractivity contribution >= 4 is 44.9 Å². The second-order valence-corrected chi connectivity index (χ2v) is 8.00. The number of benzene rings is 3. The van der Waals surface area contributed by atoms with E-state index in [-0.39, 0.29) is 16.8 Å². The molecule has 7 heteroatoms. The van der Waals surface area contributed by atoms with Gasteiger partial charge in [0.05, 0.1) is 29.4 Å². The van der Waals surface area contributed by atoms with Crippen molar-refractivity contribution in [1.29, 1.82) is 0 Å². The first kappa shape index (κ1) is 20.3. The van der Waals surface area contributed by atoms with E-state index < -0.39 is 11.6 Å². The van der Waals surface area contributed by atoms with Crippen LogP contribution in [0.2, 0.25) is 0 Å². The largest absolute Gasteiger partial charge is 0.497 e. The van der Waals surface area contributed by atoms with E-state index in [9.17, 15) is 13.6 Å². The van der Waals surface area contributed by atoms with Crippen LogP contribution < -0.4 is 15.5 Å². The Morgan fingerprint density at radius 1 is 1.00 bits per heavy atom. The van der Waals surface area contributed by atoms with Gasteiger partial charge in [0.25, 0.3) is 0 Å². The number of pyridine rings is 1.